The van der Waals surface area contributed by atoms with Crippen LogP contribution < -0.4 is 9.47 Å². The van der Waals surface area contributed by atoms with E-state index in [1.165, 1.54) is 6.08 Å². The van der Waals surface area contributed by atoms with Crippen molar-refractivity contribution in [2.24, 2.45) is 0 Å². The zero-order chi connectivity index (χ0) is 18.8. The van der Waals surface area contributed by atoms with Crippen molar-refractivity contribution < 1.29 is 19.0 Å². The van der Waals surface area contributed by atoms with Gasteiger partial charge in [-0.05, 0) is 55.0 Å². The number of benzene rings is 2. The second-order valence-electron chi connectivity index (χ2n) is 5.11. The number of hydrogen-bond acceptors (Lipinski definition) is 5. The molecular weight excluding hydrogens is 398 g/mol. The Balaban J connectivity index is 1.84. The molecule has 26 heavy (non-hydrogen) atoms. The highest BCUT2D eigenvalue weighted by Crippen LogP contribution is 2.17. The molecule has 134 valence electrons. The third-order valence-electron chi connectivity index (χ3n) is 3.24. The van der Waals surface area contributed by atoms with Crippen LogP contribution in [0.25, 0.3) is 6.08 Å². The van der Waals surface area contributed by atoms with Crippen molar-refractivity contribution in [1.82, 2.24) is 0 Å². The van der Waals surface area contributed by atoms with Crippen LogP contribution in [0.3, 0.4) is 0 Å². The highest BCUT2D eigenvalue weighted by Gasteiger charge is 2.09. The molecule has 0 atom stereocenters. The van der Waals surface area contributed by atoms with Crippen LogP contribution in [-0.4, -0.2) is 25.8 Å². The lowest BCUT2D eigenvalue weighted by molar-refractivity contribution is -0.137. The number of carbonyl (C=O) groups is 1. The first kappa shape index (κ1) is 19.5. The van der Waals surface area contributed by atoms with Crippen molar-refractivity contribution in [3.8, 4) is 17.6 Å². The lowest BCUT2D eigenvalue weighted by Gasteiger charge is -2.08. The quantitative estimate of drug-likeness (QED) is 0.277. The molecule has 2 aromatic carbocycles. The minimum atomic E-state index is -0.625. The van der Waals surface area contributed by atoms with Crippen molar-refractivity contribution in [2.45, 2.75) is 6.92 Å². The van der Waals surface area contributed by atoms with E-state index in [0.717, 1.165) is 10.2 Å². The standard InChI is InChI=1S/C20H18BrNO4/c1-2-24-20(23)16(14-22)13-15-3-7-18(8-4-15)25-11-12-26-19-9-5-17(21)6-10-19/h3-10,13H,2,11-12H2,1H3. The Bertz CT molecular complexity index is 792. The van der Waals surface area contributed by atoms with Gasteiger partial charge in [0.15, 0.2) is 0 Å². The normalized spacial score (nSPS) is 10.7. The second kappa shape index (κ2) is 10.3. The van der Waals surface area contributed by atoms with E-state index >= 15 is 0 Å². The number of nitrogens with zero attached hydrogens (tertiary/aromatic N) is 1. The number of rotatable bonds is 8. The number of nitriles is 1. The first-order chi connectivity index (χ1) is 12.6. The predicted octanol–water partition coefficient (Wildman–Crippen LogP) is 4.38. The molecule has 0 fully saturated rings. The van der Waals surface area contributed by atoms with Gasteiger partial charge in [0.2, 0.25) is 0 Å². The Kier molecular flexibility index (Phi) is 7.72. The second-order valence-corrected chi connectivity index (χ2v) is 6.03. The Hall–Kier alpha value is -2.78. The maximum Gasteiger partial charge on any atom is 0.348 e. The summed E-state index contributed by atoms with van der Waals surface area (Å²) in [5, 5.41) is 9.03. The van der Waals surface area contributed by atoms with Crippen LogP contribution in [0.4, 0.5) is 0 Å². The fourth-order valence-electron chi connectivity index (χ4n) is 2.02. The first-order valence-electron chi connectivity index (χ1n) is 8.02. The van der Waals surface area contributed by atoms with Crippen LogP contribution in [0, 0.1) is 11.3 Å². The minimum Gasteiger partial charge on any atom is -0.490 e. The van der Waals surface area contributed by atoms with Gasteiger partial charge < -0.3 is 14.2 Å². The maximum absolute atomic E-state index is 11.6. The van der Waals surface area contributed by atoms with Crippen LogP contribution >= 0.6 is 15.9 Å². The van der Waals surface area contributed by atoms with E-state index in [9.17, 15) is 4.79 Å². The van der Waals surface area contributed by atoms with Crippen molar-refractivity contribution in [2.75, 3.05) is 19.8 Å². The topological polar surface area (TPSA) is 68.6 Å². The molecule has 0 aliphatic heterocycles. The van der Waals surface area contributed by atoms with Gasteiger partial charge >= 0.3 is 5.97 Å². The zero-order valence-electron chi connectivity index (χ0n) is 14.3. The summed E-state index contributed by atoms with van der Waals surface area (Å²) in [5.74, 6) is 0.830. The Morgan fingerprint density at radius 1 is 1.04 bits per heavy atom. The SMILES string of the molecule is CCOC(=O)C(C#N)=Cc1ccc(OCCOc2ccc(Br)cc2)cc1. The monoisotopic (exact) mass is 415 g/mol. The summed E-state index contributed by atoms with van der Waals surface area (Å²) in [6.07, 6.45) is 1.48. The first-order valence-corrected chi connectivity index (χ1v) is 8.82. The van der Waals surface area contributed by atoms with Crippen molar-refractivity contribution in [3.05, 3.63) is 64.1 Å². The molecule has 0 unspecified atom stereocenters. The predicted molar refractivity (Wildman–Crippen MR) is 102 cm³/mol. The van der Waals surface area contributed by atoms with E-state index in [1.54, 1.807) is 31.2 Å². The summed E-state index contributed by atoms with van der Waals surface area (Å²) in [6.45, 7) is 2.74. The summed E-state index contributed by atoms with van der Waals surface area (Å²) in [4.78, 5) is 11.6. The number of halogens is 1. The summed E-state index contributed by atoms with van der Waals surface area (Å²) < 4.78 is 17.0. The van der Waals surface area contributed by atoms with E-state index < -0.39 is 5.97 Å². The van der Waals surface area contributed by atoms with Crippen molar-refractivity contribution in [3.63, 3.8) is 0 Å². The maximum atomic E-state index is 11.6. The number of esters is 1. The Morgan fingerprint density at radius 2 is 1.58 bits per heavy atom. The Labute approximate surface area is 160 Å². The number of carbonyl (C=O) groups excluding carboxylic acids is 1. The molecule has 0 radical (unpaired) electrons. The third kappa shape index (κ3) is 6.26. The van der Waals surface area contributed by atoms with Crippen LogP contribution in [-0.2, 0) is 9.53 Å². The van der Waals surface area contributed by atoms with E-state index in [0.29, 0.717) is 24.5 Å². The lowest BCUT2D eigenvalue weighted by Crippen LogP contribution is -2.08. The van der Waals surface area contributed by atoms with E-state index in [-0.39, 0.29) is 12.2 Å². The fourth-order valence-corrected chi connectivity index (χ4v) is 2.29. The van der Waals surface area contributed by atoms with Crippen LogP contribution in [0.5, 0.6) is 11.5 Å². The van der Waals surface area contributed by atoms with E-state index in [4.69, 9.17) is 19.5 Å². The molecular formula is C20H18BrNO4. The summed E-state index contributed by atoms with van der Waals surface area (Å²) in [7, 11) is 0. The molecule has 0 spiro atoms. The van der Waals surface area contributed by atoms with E-state index in [1.807, 2.05) is 30.3 Å². The molecule has 5 nitrogen and oxygen atoms in total. The molecule has 0 aliphatic carbocycles. The molecule has 6 heteroatoms. The van der Waals surface area contributed by atoms with Gasteiger partial charge in [-0.25, -0.2) is 4.79 Å². The summed E-state index contributed by atoms with van der Waals surface area (Å²) in [6, 6.07) is 16.5. The highest BCUT2D eigenvalue weighted by molar-refractivity contribution is 9.10. The van der Waals surface area contributed by atoms with Crippen molar-refractivity contribution in [1.29, 1.82) is 5.26 Å². The largest absolute Gasteiger partial charge is 0.490 e. The smallest absolute Gasteiger partial charge is 0.348 e. The third-order valence-corrected chi connectivity index (χ3v) is 3.77. The average molecular weight is 416 g/mol. The van der Waals surface area contributed by atoms with Gasteiger partial charge in [0.1, 0.15) is 36.4 Å². The van der Waals surface area contributed by atoms with Crippen LogP contribution in [0.1, 0.15) is 12.5 Å². The van der Waals surface area contributed by atoms with Gasteiger partial charge in [-0.3, -0.25) is 0 Å². The molecule has 0 amide bonds. The lowest BCUT2D eigenvalue weighted by atomic mass is 10.1. The van der Waals surface area contributed by atoms with Gasteiger partial charge in [-0.2, -0.15) is 5.26 Å². The molecule has 0 aliphatic rings. The Morgan fingerprint density at radius 3 is 2.08 bits per heavy atom. The van der Waals surface area contributed by atoms with Gasteiger partial charge in [-0.1, -0.05) is 28.1 Å². The highest BCUT2D eigenvalue weighted by atomic mass is 79.9. The molecule has 2 rings (SSSR count). The van der Waals surface area contributed by atoms with Crippen LogP contribution in [0.2, 0.25) is 0 Å². The zero-order valence-corrected chi connectivity index (χ0v) is 15.9. The van der Waals surface area contributed by atoms with Gasteiger partial charge in [0.25, 0.3) is 0 Å². The molecule has 2 aromatic rings. The molecule has 0 bridgehead atoms. The molecule has 0 aromatic heterocycles. The molecule has 0 N–H and O–H groups in total. The minimum absolute atomic E-state index is 0.0385. The van der Waals surface area contributed by atoms with Gasteiger partial charge in [0, 0.05) is 4.47 Å². The molecule has 0 heterocycles. The number of ether oxygens (including phenoxy) is 3. The van der Waals surface area contributed by atoms with Crippen molar-refractivity contribution >= 4 is 28.0 Å². The van der Waals surface area contributed by atoms with Crippen LogP contribution in [0.15, 0.2) is 58.6 Å². The summed E-state index contributed by atoms with van der Waals surface area (Å²) in [5.41, 5.74) is 0.677. The van der Waals surface area contributed by atoms with Gasteiger partial charge in [-0.15, -0.1) is 0 Å². The summed E-state index contributed by atoms with van der Waals surface area (Å²) >= 11 is 3.37. The molecule has 0 saturated heterocycles. The fraction of sp³-hybridized carbons (Fsp3) is 0.200. The molecule has 0 saturated carbocycles. The van der Waals surface area contributed by atoms with E-state index in [2.05, 4.69) is 15.9 Å². The van der Waals surface area contributed by atoms with Gasteiger partial charge in [0.05, 0.1) is 6.61 Å². The average Bonchev–Trinajstić information content (AvgIpc) is 2.66. The number of hydrogen-bond donors (Lipinski definition) is 0.